The molecule has 3 heteroatoms. The van der Waals surface area contributed by atoms with Crippen LogP contribution in [0.2, 0.25) is 0 Å². The molecule has 0 aliphatic heterocycles. The fourth-order valence-electron chi connectivity index (χ4n) is 1.34. The van der Waals surface area contributed by atoms with Crippen LogP contribution >= 0.6 is 0 Å². The van der Waals surface area contributed by atoms with Crippen LogP contribution < -0.4 is 0 Å². The van der Waals surface area contributed by atoms with Crippen molar-refractivity contribution in [3.05, 3.63) is 53.1 Å². The van der Waals surface area contributed by atoms with Crippen molar-refractivity contribution in [2.75, 3.05) is 0 Å². The smallest absolute Gasteiger partial charge is 0.166 e. The van der Waals surface area contributed by atoms with Gasteiger partial charge in [-0.1, -0.05) is 41.5 Å². The minimum atomic E-state index is -4.33. The fraction of sp³-hybridized carbons (Fsp3) is 0.286. The van der Waals surface area contributed by atoms with Crippen LogP contribution in [0.1, 0.15) is 25.0 Å². The number of aryl methyl sites for hydroxylation is 1. The minimum Gasteiger partial charge on any atom is -0.166 e. The van der Waals surface area contributed by atoms with Crippen LogP contribution in [0.4, 0.5) is 13.2 Å². The van der Waals surface area contributed by atoms with Gasteiger partial charge in [0.1, 0.15) is 0 Å². The number of rotatable bonds is 2. The van der Waals surface area contributed by atoms with E-state index in [1.807, 2.05) is 6.92 Å². The molecule has 0 N–H and O–H groups in total. The van der Waals surface area contributed by atoms with E-state index < -0.39 is 11.7 Å². The summed E-state index contributed by atoms with van der Waals surface area (Å²) in [7, 11) is 0. The Morgan fingerprint density at radius 1 is 1.00 bits per heavy atom. The first-order valence-corrected chi connectivity index (χ1v) is 5.30. The second-order valence-electron chi connectivity index (χ2n) is 4.19. The Balaban J connectivity index is 3.21. The van der Waals surface area contributed by atoms with Crippen molar-refractivity contribution in [3.8, 4) is 0 Å². The summed E-state index contributed by atoms with van der Waals surface area (Å²) in [6.45, 7) is 5.37. The molecular formula is C14H15F3. The number of hydrogen-bond acceptors (Lipinski definition) is 0. The third-order valence-electron chi connectivity index (χ3n) is 2.25. The summed E-state index contributed by atoms with van der Waals surface area (Å²) in [6.07, 6.45) is -1.73. The molecule has 0 unspecified atom stereocenters. The van der Waals surface area contributed by atoms with E-state index in [1.54, 1.807) is 26.0 Å². The fourth-order valence-corrected chi connectivity index (χ4v) is 1.34. The Kier molecular flexibility index (Phi) is 4.16. The highest BCUT2D eigenvalue weighted by Gasteiger charge is 2.33. The second kappa shape index (κ2) is 5.21. The van der Waals surface area contributed by atoms with Gasteiger partial charge >= 0.3 is 6.18 Å². The van der Waals surface area contributed by atoms with Gasteiger partial charge in [-0.3, -0.25) is 0 Å². The maximum absolute atomic E-state index is 12.9. The summed E-state index contributed by atoms with van der Waals surface area (Å²) in [4.78, 5) is 0. The molecule has 0 nitrogen and oxygen atoms in total. The topological polar surface area (TPSA) is 0 Å². The monoisotopic (exact) mass is 240 g/mol. The maximum atomic E-state index is 12.9. The van der Waals surface area contributed by atoms with Gasteiger partial charge in [-0.15, -0.1) is 0 Å². The van der Waals surface area contributed by atoms with Gasteiger partial charge in [0.25, 0.3) is 0 Å². The summed E-state index contributed by atoms with van der Waals surface area (Å²) >= 11 is 0. The third-order valence-corrected chi connectivity index (χ3v) is 2.25. The number of alkyl halides is 3. The number of halogens is 3. The summed E-state index contributed by atoms with van der Waals surface area (Å²) in [5.41, 5.74) is 1.36. The summed E-state index contributed by atoms with van der Waals surface area (Å²) < 4.78 is 38.6. The first-order chi connectivity index (χ1) is 7.80. The maximum Gasteiger partial charge on any atom is 0.416 e. The van der Waals surface area contributed by atoms with E-state index in [2.05, 4.69) is 0 Å². The quantitative estimate of drug-likeness (QED) is 0.644. The molecule has 17 heavy (non-hydrogen) atoms. The van der Waals surface area contributed by atoms with Gasteiger partial charge in [-0.05, 0) is 32.4 Å². The molecule has 0 aromatic heterocycles. The summed E-state index contributed by atoms with van der Waals surface area (Å²) in [6, 6.07) is 6.34. The molecular weight excluding hydrogens is 225 g/mol. The predicted octanol–water partition coefficient (Wildman–Crippen LogP) is 4.91. The van der Waals surface area contributed by atoms with Crippen molar-refractivity contribution in [3.63, 3.8) is 0 Å². The van der Waals surface area contributed by atoms with Crippen LogP contribution in [0.3, 0.4) is 0 Å². The molecule has 92 valence electrons. The molecule has 0 atom stereocenters. The van der Waals surface area contributed by atoms with Crippen LogP contribution in [-0.4, -0.2) is 6.18 Å². The first kappa shape index (κ1) is 13.6. The number of hydrogen-bond donors (Lipinski definition) is 0. The van der Waals surface area contributed by atoms with Crippen molar-refractivity contribution in [2.45, 2.75) is 26.9 Å². The highest BCUT2D eigenvalue weighted by Crippen LogP contribution is 2.34. The van der Waals surface area contributed by atoms with E-state index in [0.29, 0.717) is 0 Å². The van der Waals surface area contributed by atoms with E-state index in [0.717, 1.165) is 17.2 Å². The standard InChI is InChI=1S/C14H15F3/c1-10(2)4-9-13(14(15,16)17)12-7-5-11(3)6-8-12/h4-9H,1-3H3/b13-9+. The molecule has 1 rings (SSSR count). The molecule has 0 saturated carbocycles. The molecule has 0 bridgehead atoms. The van der Waals surface area contributed by atoms with Crippen LogP contribution in [0, 0.1) is 6.92 Å². The third kappa shape index (κ3) is 4.10. The van der Waals surface area contributed by atoms with Gasteiger partial charge in [0.2, 0.25) is 0 Å². The van der Waals surface area contributed by atoms with Crippen molar-refractivity contribution in [1.29, 1.82) is 0 Å². The highest BCUT2D eigenvalue weighted by molar-refractivity contribution is 5.71. The van der Waals surface area contributed by atoms with Crippen LogP contribution in [0.5, 0.6) is 0 Å². The lowest BCUT2D eigenvalue weighted by molar-refractivity contribution is -0.0689. The van der Waals surface area contributed by atoms with Gasteiger partial charge in [0.05, 0.1) is 5.57 Å². The van der Waals surface area contributed by atoms with E-state index in [-0.39, 0.29) is 5.56 Å². The lowest BCUT2D eigenvalue weighted by Gasteiger charge is -2.11. The minimum absolute atomic E-state index is 0.195. The SMILES string of the molecule is CC(C)=C/C=C(\c1ccc(C)cc1)C(F)(F)F. The Bertz CT molecular complexity index is 430. The molecule has 0 radical (unpaired) electrons. The Labute approximate surface area is 99.5 Å². The molecule has 1 aromatic rings. The van der Waals surface area contributed by atoms with Crippen LogP contribution in [0.15, 0.2) is 42.0 Å². The van der Waals surface area contributed by atoms with Gasteiger partial charge < -0.3 is 0 Å². The first-order valence-electron chi connectivity index (χ1n) is 5.30. The van der Waals surface area contributed by atoms with Gasteiger partial charge in [0, 0.05) is 0 Å². The Morgan fingerprint density at radius 2 is 1.53 bits per heavy atom. The van der Waals surface area contributed by atoms with E-state index >= 15 is 0 Å². The zero-order valence-electron chi connectivity index (χ0n) is 10.1. The molecule has 0 spiro atoms. The van der Waals surface area contributed by atoms with Crippen molar-refractivity contribution in [1.82, 2.24) is 0 Å². The average Bonchev–Trinajstić information content (AvgIpc) is 2.18. The van der Waals surface area contributed by atoms with Gasteiger partial charge in [-0.25, -0.2) is 0 Å². The second-order valence-corrected chi connectivity index (χ2v) is 4.19. The number of benzene rings is 1. The van der Waals surface area contributed by atoms with E-state index in [4.69, 9.17) is 0 Å². The van der Waals surface area contributed by atoms with Crippen LogP contribution in [0.25, 0.3) is 5.57 Å². The number of allylic oxidation sites excluding steroid dienone is 4. The molecule has 0 fully saturated rings. The average molecular weight is 240 g/mol. The molecule has 0 aliphatic rings. The molecule has 0 amide bonds. The van der Waals surface area contributed by atoms with Gasteiger partial charge in [0.15, 0.2) is 0 Å². The van der Waals surface area contributed by atoms with E-state index in [9.17, 15) is 13.2 Å². The van der Waals surface area contributed by atoms with Crippen LogP contribution in [-0.2, 0) is 0 Å². The molecule has 1 aromatic carbocycles. The molecule has 0 aliphatic carbocycles. The molecule has 0 saturated heterocycles. The lowest BCUT2D eigenvalue weighted by atomic mass is 10.0. The normalized spacial score (nSPS) is 12.5. The zero-order chi connectivity index (χ0) is 13.1. The summed E-state index contributed by atoms with van der Waals surface area (Å²) in [5.74, 6) is 0. The molecule has 0 heterocycles. The van der Waals surface area contributed by atoms with Gasteiger partial charge in [-0.2, -0.15) is 13.2 Å². The van der Waals surface area contributed by atoms with Crippen molar-refractivity contribution < 1.29 is 13.2 Å². The zero-order valence-corrected chi connectivity index (χ0v) is 10.1. The lowest BCUT2D eigenvalue weighted by Crippen LogP contribution is -2.10. The Morgan fingerprint density at radius 3 is 1.94 bits per heavy atom. The summed E-state index contributed by atoms with van der Waals surface area (Å²) in [5, 5.41) is 0. The predicted molar refractivity (Wildman–Crippen MR) is 64.6 cm³/mol. The largest absolute Gasteiger partial charge is 0.416 e. The van der Waals surface area contributed by atoms with E-state index in [1.165, 1.54) is 18.2 Å². The van der Waals surface area contributed by atoms with Crippen molar-refractivity contribution >= 4 is 5.57 Å². The highest BCUT2D eigenvalue weighted by atomic mass is 19.4. The van der Waals surface area contributed by atoms with Crippen molar-refractivity contribution in [2.24, 2.45) is 0 Å². The Hall–Kier alpha value is -1.51.